The lowest BCUT2D eigenvalue weighted by Gasteiger charge is -2.38. The molecule has 1 aromatic heterocycles. The first-order valence-corrected chi connectivity index (χ1v) is 9.28. The van der Waals surface area contributed by atoms with Crippen molar-refractivity contribution < 1.29 is 9.53 Å². The van der Waals surface area contributed by atoms with Crippen LogP contribution in [0.25, 0.3) is 0 Å². The van der Waals surface area contributed by atoms with Crippen LogP contribution in [0.15, 0.2) is 48.7 Å². The number of piperidine rings is 1. The first-order chi connectivity index (χ1) is 13.2. The fourth-order valence-corrected chi connectivity index (χ4v) is 3.96. The van der Waals surface area contributed by atoms with Gasteiger partial charge in [0.15, 0.2) is 0 Å². The molecule has 0 bridgehead atoms. The van der Waals surface area contributed by atoms with Crippen LogP contribution in [0, 0.1) is 11.3 Å². The molecule has 1 aromatic carbocycles. The lowest BCUT2D eigenvalue weighted by Crippen LogP contribution is -2.46. The summed E-state index contributed by atoms with van der Waals surface area (Å²) in [5.74, 6) is 0.858. The van der Waals surface area contributed by atoms with E-state index in [-0.39, 0.29) is 17.6 Å². The molecule has 6 heteroatoms. The highest BCUT2D eigenvalue weighted by atomic mass is 16.5. The van der Waals surface area contributed by atoms with Crippen molar-refractivity contribution in [2.45, 2.75) is 30.9 Å². The first-order valence-electron chi connectivity index (χ1n) is 9.28. The number of hydrogen-bond acceptors (Lipinski definition) is 5. The summed E-state index contributed by atoms with van der Waals surface area (Å²) in [6.45, 7) is 2.01. The van der Waals surface area contributed by atoms with Gasteiger partial charge >= 0.3 is 0 Å². The van der Waals surface area contributed by atoms with Gasteiger partial charge in [-0.3, -0.25) is 4.79 Å². The van der Waals surface area contributed by atoms with E-state index in [0.29, 0.717) is 30.8 Å². The van der Waals surface area contributed by atoms with Crippen molar-refractivity contribution >= 4 is 11.7 Å². The number of ether oxygens (including phenoxy) is 1. The maximum Gasteiger partial charge on any atom is 0.253 e. The van der Waals surface area contributed by atoms with Crippen molar-refractivity contribution in [2.75, 3.05) is 25.0 Å². The number of rotatable bonds is 3. The van der Waals surface area contributed by atoms with Crippen LogP contribution in [0.3, 0.4) is 0 Å². The smallest absolute Gasteiger partial charge is 0.253 e. The van der Waals surface area contributed by atoms with Gasteiger partial charge in [-0.05, 0) is 49.6 Å². The molecule has 0 radical (unpaired) electrons. The number of anilines is 1. The Labute approximate surface area is 158 Å². The number of pyridine rings is 1. The highest BCUT2D eigenvalue weighted by Gasteiger charge is 2.43. The Morgan fingerprint density at radius 2 is 2.11 bits per heavy atom. The molecule has 2 saturated heterocycles. The van der Waals surface area contributed by atoms with Crippen LogP contribution in [-0.2, 0) is 4.74 Å². The van der Waals surface area contributed by atoms with E-state index in [9.17, 15) is 4.79 Å². The molecule has 4 rings (SSSR count). The van der Waals surface area contributed by atoms with Crippen molar-refractivity contribution in [3.63, 3.8) is 0 Å². The van der Waals surface area contributed by atoms with Gasteiger partial charge in [-0.1, -0.05) is 12.1 Å². The van der Waals surface area contributed by atoms with Crippen LogP contribution in [0.1, 0.15) is 35.2 Å². The largest absolute Gasteiger partial charge is 0.373 e. The maximum absolute atomic E-state index is 12.7. The fourth-order valence-electron chi connectivity index (χ4n) is 3.96. The Hall–Kier alpha value is -2.91. The summed E-state index contributed by atoms with van der Waals surface area (Å²) in [7, 11) is 0. The zero-order valence-electron chi connectivity index (χ0n) is 15.1. The lowest BCUT2D eigenvalue weighted by atomic mass is 9.87. The lowest BCUT2D eigenvalue weighted by molar-refractivity contribution is -0.0388. The van der Waals surface area contributed by atoms with E-state index in [1.807, 2.05) is 23.1 Å². The molecule has 1 N–H and O–H groups in total. The molecule has 2 aliphatic rings. The molecular formula is C21H22N4O2. The minimum absolute atomic E-state index is 0.0110. The van der Waals surface area contributed by atoms with Gasteiger partial charge in [-0.2, -0.15) is 5.26 Å². The number of nitrogens with zero attached hydrogens (tertiary/aromatic N) is 3. The number of nitriles is 1. The number of nitrogens with one attached hydrogen (secondary N) is 1. The van der Waals surface area contributed by atoms with Gasteiger partial charge in [-0.15, -0.1) is 0 Å². The van der Waals surface area contributed by atoms with Gasteiger partial charge in [0, 0.05) is 24.8 Å². The van der Waals surface area contributed by atoms with Crippen molar-refractivity contribution in [2.24, 2.45) is 0 Å². The van der Waals surface area contributed by atoms with Crippen LogP contribution >= 0.6 is 0 Å². The van der Waals surface area contributed by atoms with Gasteiger partial charge < -0.3 is 15.0 Å². The topological polar surface area (TPSA) is 78.3 Å². The summed E-state index contributed by atoms with van der Waals surface area (Å²) in [5.41, 5.74) is 0.932. The predicted octanol–water partition coefficient (Wildman–Crippen LogP) is 2.83. The van der Waals surface area contributed by atoms with Crippen molar-refractivity contribution in [3.8, 4) is 6.07 Å². The predicted molar refractivity (Wildman–Crippen MR) is 101 cm³/mol. The molecule has 0 saturated carbocycles. The Kier molecular flexibility index (Phi) is 4.78. The van der Waals surface area contributed by atoms with Gasteiger partial charge in [0.1, 0.15) is 5.82 Å². The molecule has 1 unspecified atom stereocenters. The highest BCUT2D eigenvalue weighted by molar-refractivity contribution is 5.94. The zero-order valence-corrected chi connectivity index (χ0v) is 15.1. The Balaban J connectivity index is 1.35. The summed E-state index contributed by atoms with van der Waals surface area (Å²) < 4.78 is 6.17. The second kappa shape index (κ2) is 7.37. The average Bonchev–Trinajstić information content (AvgIpc) is 3.11. The average molecular weight is 362 g/mol. The van der Waals surface area contributed by atoms with E-state index in [2.05, 4.69) is 16.4 Å². The van der Waals surface area contributed by atoms with Gasteiger partial charge in [0.25, 0.3) is 5.91 Å². The van der Waals surface area contributed by atoms with Crippen LogP contribution in [0.4, 0.5) is 5.82 Å². The molecule has 0 aliphatic carbocycles. The van der Waals surface area contributed by atoms with Crippen molar-refractivity contribution in [3.05, 3.63) is 59.8 Å². The molecule has 1 amide bonds. The third-order valence-corrected chi connectivity index (χ3v) is 5.43. The van der Waals surface area contributed by atoms with E-state index in [1.54, 1.807) is 30.5 Å². The molecule has 2 fully saturated rings. The normalized spacial score (nSPS) is 21.0. The van der Waals surface area contributed by atoms with Crippen LogP contribution in [0.2, 0.25) is 0 Å². The number of amides is 1. The van der Waals surface area contributed by atoms with Crippen molar-refractivity contribution in [1.82, 2.24) is 9.88 Å². The quantitative estimate of drug-likeness (QED) is 0.908. The minimum Gasteiger partial charge on any atom is -0.373 e. The number of aromatic nitrogens is 1. The summed E-state index contributed by atoms with van der Waals surface area (Å²) >= 11 is 0. The van der Waals surface area contributed by atoms with Gasteiger partial charge in [0.05, 0.1) is 29.9 Å². The summed E-state index contributed by atoms with van der Waals surface area (Å²) in [6, 6.07) is 15.1. The fraction of sp³-hybridized carbons (Fsp3) is 0.381. The molecule has 138 valence electrons. The Morgan fingerprint density at radius 3 is 2.85 bits per heavy atom. The molecule has 27 heavy (non-hydrogen) atoms. The molecule has 2 aromatic rings. The van der Waals surface area contributed by atoms with Crippen LogP contribution in [-0.4, -0.2) is 47.1 Å². The van der Waals surface area contributed by atoms with E-state index in [1.165, 1.54) is 0 Å². The standard InChI is InChI=1S/C21H22N4O2/c22-14-16-4-3-5-17(12-16)20(26)25-10-7-21(8-11-25)13-18(15-27-21)24-19-6-1-2-9-23-19/h1-6,9,12,18H,7-8,10-11,13,15H2,(H,23,24). The number of benzene rings is 1. The maximum atomic E-state index is 12.7. The number of hydrogen-bond donors (Lipinski definition) is 1. The van der Waals surface area contributed by atoms with E-state index in [4.69, 9.17) is 10.00 Å². The Bertz CT molecular complexity index is 854. The monoisotopic (exact) mass is 362 g/mol. The second-order valence-electron chi connectivity index (χ2n) is 7.24. The van der Waals surface area contributed by atoms with E-state index < -0.39 is 0 Å². The number of likely N-dealkylation sites (tertiary alicyclic amines) is 1. The van der Waals surface area contributed by atoms with E-state index >= 15 is 0 Å². The highest BCUT2D eigenvalue weighted by Crippen LogP contribution is 2.37. The minimum atomic E-state index is -0.155. The summed E-state index contributed by atoms with van der Waals surface area (Å²) in [6.07, 6.45) is 4.36. The molecule has 1 spiro atoms. The zero-order chi connectivity index (χ0) is 18.7. The number of carbonyl (C=O) groups excluding carboxylic acids is 1. The van der Waals surface area contributed by atoms with Crippen LogP contribution in [0.5, 0.6) is 0 Å². The van der Waals surface area contributed by atoms with Crippen LogP contribution < -0.4 is 5.32 Å². The summed E-state index contributed by atoms with van der Waals surface area (Å²) in [4.78, 5) is 18.9. The Morgan fingerprint density at radius 1 is 1.26 bits per heavy atom. The molecule has 3 heterocycles. The third kappa shape index (κ3) is 3.79. The molecular weight excluding hydrogens is 340 g/mol. The summed E-state index contributed by atoms with van der Waals surface area (Å²) in [5, 5.41) is 12.5. The van der Waals surface area contributed by atoms with E-state index in [0.717, 1.165) is 25.1 Å². The SMILES string of the molecule is N#Cc1cccc(C(=O)N2CCC3(CC2)CC(Nc2ccccn2)CO3)c1. The van der Waals surface area contributed by atoms with Gasteiger partial charge in [-0.25, -0.2) is 4.98 Å². The van der Waals surface area contributed by atoms with Gasteiger partial charge in [0.2, 0.25) is 0 Å². The van der Waals surface area contributed by atoms with Crippen molar-refractivity contribution in [1.29, 1.82) is 5.26 Å². The second-order valence-corrected chi connectivity index (χ2v) is 7.24. The third-order valence-electron chi connectivity index (χ3n) is 5.43. The first kappa shape index (κ1) is 17.5. The molecule has 1 atom stereocenters. The molecule has 6 nitrogen and oxygen atoms in total. The number of carbonyl (C=O) groups is 1. The molecule has 2 aliphatic heterocycles.